The first-order chi connectivity index (χ1) is 8.80. The molecule has 0 heterocycles. The Balaban J connectivity index is 2.70. The van der Waals surface area contributed by atoms with Crippen molar-refractivity contribution in [3.05, 3.63) is 42.0 Å². The van der Waals surface area contributed by atoms with Gasteiger partial charge < -0.3 is 9.47 Å². The molecule has 2 aromatic rings. The van der Waals surface area contributed by atoms with Crippen LogP contribution in [0.5, 0.6) is 11.5 Å². The number of nitriles is 1. The van der Waals surface area contributed by atoms with Crippen LogP contribution in [0.3, 0.4) is 0 Å². The number of hydrogen-bond donors (Lipinski definition) is 0. The Hall–Kier alpha value is -2.47. The SMILES string of the molecule is COc1cc2cccc(OC)c2cc1/C=C/C#N. The monoisotopic (exact) mass is 239 g/mol. The van der Waals surface area contributed by atoms with Gasteiger partial charge in [-0.3, -0.25) is 0 Å². The quantitative estimate of drug-likeness (QED) is 0.771. The van der Waals surface area contributed by atoms with Crippen molar-refractivity contribution in [1.29, 1.82) is 5.26 Å². The highest BCUT2D eigenvalue weighted by Gasteiger charge is 2.06. The second-order valence-electron chi connectivity index (χ2n) is 3.74. The number of hydrogen-bond acceptors (Lipinski definition) is 3. The minimum Gasteiger partial charge on any atom is -0.496 e. The van der Waals surface area contributed by atoms with Crippen molar-refractivity contribution >= 4 is 16.8 Å². The van der Waals surface area contributed by atoms with Gasteiger partial charge in [-0.2, -0.15) is 5.26 Å². The van der Waals surface area contributed by atoms with Crippen molar-refractivity contribution in [2.24, 2.45) is 0 Å². The third-order valence-corrected chi connectivity index (χ3v) is 2.75. The van der Waals surface area contributed by atoms with Crippen molar-refractivity contribution in [3.8, 4) is 17.6 Å². The van der Waals surface area contributed by atoms with Gasteiger partial charge in [0.2, 0.25) is 0 Å². The van der Waals surface area contributed by atoms with Gasteiger partial charge in [0.1, 0.15) is 11.5 Å². The highest BCUT2D eigenvalue weighted by atomic mass is 16.5. The van der Waals surface area contributed by atoms with E-state index in [0.29, 0.717) is 0 Å². The summed E-state index contributed by atoms with van der Waals surface area (Å²) >= 11 is 0. The van der Waals surface area contributed by atoms with Gasteiger partial charge in [-0.1, -0.05) is 12.1 Å². The molecule has 0 aliphatic heterocycles. The molecular weight excluding hydrogens is 226 g/mol. The van der Waals surface area contributed by atoms with Crippen molar-refractivity contribution in [2.75, 3.05) is 14.2 Å². The molecule has 0 spiro atoms. The first kappa shape index (κ1) is 12.0. The summed E-state index contributed by atoms with van der Waals surface area (Å²) in [5.74, 6) is 1.55. The summed E-state index contributed by atoms with van der Waals surface area (Å²) in [6.07, 6.45) is 3.16. The average Bonchev–Trinajstić information content (AvgIpc) is 2.43. The van der Waals surface area contributed by atoms with Crippen LogP contribution >= 0.6 is 0 Å². The summed E-state index contributed by atoms with van der Waals surface area (Å²) in [4.78, 5) is 0. The van der Waals surface area contributed by atoms with E-state index in [1.54, 1.807) is 20.3 Å². The van der Waals surface area contributed by atoms with Crippen LogP contribution in [0.15, 0.2) is 36.4 Å². The molecule has 0 atom stereocenters. The second-order valence-corrected chi connectivity index (χ2v) is 3.74. The predicted molar refractivity (Wildman–Crippen MR) is 71.7 cm³/mol. The van der Waals surface area contributed by atoms with Crippen molar-refractivity contribution in [1.82, 2.24) is 0 Å². The molecule has 0 saturated heterocycles. The van der Waals surface area contributed by atoms with E-state index in [4.69, 9.17) is 14.7 Å². The van der Waals surface area contributed by atoms with Crippen LogP contribution in [-0.2, 0) is 0 Å². The molecule has 0 radical (unpaired) electrons. The normalized spacial score (nSPS) is 10.5. The van der Waals surface area contributed by atoms with E-state index in [0.717, 1.165) is 27.8 Å². The van der Waals surface area contributed by atoms with E-state index in [1.807, 2.05) is 36.4 Å². The van der Waals surface area contributed by atoms with Crippen LogP contribution in [0.25, 0.3) is 16.8 Å². The van der Waals surface area contributed by atoms with Crippen molar-refractivity contribution in [2.45, 2.75) is 0 Å². The van der Waals surface area contributed by atoms with Crippen LogP contribution in [0.4, 0.5) is 0 Å². The number of rotatable bonds is 3. The zero-order chi connectivity index (χ0) is 13.0. The molecule has 0 aliphatic carbocycles. The molecule has 2 rings (SSSR count). The minimum atomic E-state index is 0.738. The average molecular weight is 239 g/mol. The van der Waals surface area contributed by atoms with Crippen molar-refractivity contribution < 1.29 is 9.47 Å². The highest BCUT2D eigenvalue weighted by Crippen LogP contribution is 2.32. The third kappa shape index (κ3) is 2.14. The Labute approximate surface area is 106 Å². The molecule has 18 heavy (non-hydrogen) atoms. The van der Waals surface area contributed by atoms with E-state index in [-0.39, 0.29) is 0 Å². The molecule has 0 bridgehead atoms. The molecular formula is C15H13NO2. The van der Waals surface area contributed by atoms with E-state index < -0.39 is 0 Å². The fourth-order valence-corrected chi connectivity index (χ4v) is 1.90. The lowest BCUT2D eigenvalue weighted by atomic mass is 10.0. The van der Waals surface area contributed by atoms with E-state index in [1.165, 1.54) is 6.08 Å². The lowest BCUT2D eigenvalue weighted by molar-refractivity contribution is 0.413. The van der Waals surface area contributed by atoms with Gasteiger partial charge in [-0.15, -0.1) is 0 Å². The lowest BCUT2D eigenvalue weighted by Crippen LogP contribution is -1.90. The fraction of sp³-hybridized carbons (Fsp3) is 0.133. The molecule has 90 valence electrons. The van der Waals surface area contributed by atoms with Crippen LogP contribution in [0.1, 0.15) is 5.56 Å². The van der Waals surface area contributed by atoms with Gasteiger partial charge >= 0.3 is 0 Å². The molecule has 0 aliphatic rings. The first-order valence-corrected chi connectivity index (χ1v) is 5.51. The highest BCUT2D eigenvalue weighted by molar-refractivity contribution is 5.92. The van der Waals surface area contributed by atoms with Gasteiger partial charge in [-0.05, 0) is 29.7 Å². The molecule has 3 nitrogen and oxygen atoms in total. The summed E-state index contributed by atoms with van der Waals surface area (Å²) < 4.78 is 10.7. The molecule has 0 fully saturated rings. The summed E-state index contributed by atoms with van der Waals surface area (Å²) in [5.41, 5.74) is 0.857. The summed E-state index contributed by atoms with van der Waals surface area (Å²) in [6.45, 7) is 0. The topological polar surface area (TPSA) is 42.2 Å². The van der Waals surface area contributed by atoms with Crippen LogP contribution < -0.4 is 9.47 Å². The van der Waals surface area contributed by atoms with Crippen molar-refractivity contribution in [3.63, 3.8) is 0 Å². The number of allylic oxidation sites excluding steroid dienone is 1. The van der Waals surface area contributed by atoms with Gasteiger partial charge in [0.15, 0.2) is 0 Å². The maximum atomic E-state index is 8.60. The smallest absolute Gasteiger partial charge is 0.126 e. The van der Waals surface area contributed by atoms with Gasteiger partial charge in [-0.25, -0.2) is 0 Å². The molecule has 0 N–H and O–H groups in total. The molecule has 0 amide bonds. The van der Waals surface area contributed by atoms with E-state index in [9.17, 15) is 0 Å². The zero-order valence-electron chi connectivity index (χ0n) is 10.3. The standard InChI is InChI=1S/C15H13NO2/c1-17-14-7-3-5-11-10-15(18-2)12(6-4-8-16)9-13(11)14/h3-7,9-10H,1-2H3/b6-4+. The maximum Gasteiger partial charge on any atom is 0.126 e. The minimum absolute atomic E-state index is 0.738. The Kier molecular flexibility index (Phi) is 3.49. The summed E-state index contributed by atoms with van der Waals surface area (Å²) in [5, 5.41) is 10.6. The van der Waals surface area contributed by atoms with Gasteiger partial charge in [0.05, 0.1) is 20.3 Å². The van der Waals surface area contributed by atoms with Gasteiger partial charge in [0, 0.05) is 17.0 Å². The number of benzene rings is 2. The second kappa shape index (κ2) is 5.24. The number of nitrogens with zero attached hydrogens (tertiary/aromatic N) is 1. The summed E-state index contributed by atoms with van der Waals surface area (Å²) in [6, 6.07) is 11.7. The number of methoxy groups -OCH3 is 2. The first-order valence-electron chi connectivity index (χ1n) is 5.51. The maximum absolute atomic E-state index is 8.60. The fourth-order valence-electron chi connectivity index (χ4n) is 1.90. The number of ether oxygens (including phenoxy) is 2. The molecule has 2 aromatic carbocycles. The summed E-state index contributed by atoms with van der Waals surface area (Å²) in [7, 11) is 3.26. The van der Waals surface area contributed by atoms with E-state index in [2.05, 4.69) is 0 Å². The van der Waals surface area contributed by atoms with Crippen LogP contribution in [0, 0.1) is 11.3 Å². The zero-order valence-corrected chi connectivity index (χ0v) is 10.3. The lowest BCUT2D eigenvalue weighted by Gasteiger charge is -2.10. The Bertz CT molecular complexity index is 639. The van der Waals surface area contributed by atoms with E-state index >= 15 is 0 Å². The Morgan fingerprint density at radius 3 is 2.56 bits per heavy atom. The third-order valence-electron chi connectivity index (χ3n) is 2.75. The molecule has 0 saturated carbocycles. The Morgan fingerprint density at radius 2 is 1.89 bits per heavy atom. The Morgan fingerprint density at radius 1 is 1.11 bits per heavy atom. The van der Waals surface area contributed by atoms with Gasteiger partial charge in [0.25, 0.3) is 0 Å². The van der Waals surface area contributed by atoms with Crippen LogP contribution in [-0.4, -0.2) is 14.2 Å². The molecule has 3 heteroatoms. The number of fused-ring (bicyclic) bond motifs is 1. The molecule has 0 aromatic heterocycles. The predicted octanol–water partition coefficient (Wildman–Crippen LogP) is 3.39. The largest absolute Gasteiger partial charge is 0.496 e. The van der Waals surface area contributed by atoms with Crippen LogP contribution in [0.2, 0.25) is 0 Å². The molecule has 0 unspecified atom stereocenters.